The van der Waals surface area contributed by atoms with Crippen molar-refractivity contribution in [3.8, 4) is 11.3 Å². The topological polar surface area (TPSA) is 72.4 Å². The Kier molecular flexibility index (Phi) is 4.97. The van der Waals surface area contributed by atoms with Crippen LogP contribution in [0.4, 0.5) is 0 Å². The summed E-state index contributed by atoms with van der Waals surface area (Å²) in [4.78, 5) is 14.0. The first-order valence-corrected chi connectivity index (χ1v) is 8.21. The van der Waals surface area contributed by atoms with Crippen molar-refractivity contribution in [3.63, 3.8) is 0 Å². The van der Waals surface area contributed by atoms with Crippen molar-refractivity contribution < 1.29 is 13.8 Å². The number of hydrogen-bond donors (Lipinski definition) is 0. The molecule has 0 unspecified atom stereocenters. The predicted molar refractivity (Wildman–Crippen MR) is 92.7 cm³/mol. The highest BCUT2D eigenvalue weighted by atomic mass is 16.5. The molecule has 0 aliphatic heterocycles. The fourth-order valence-corrected chi connectivity index (χ4v) is 2.74. The maximum Gasteiger partial charge on any atom is 0.223 e. The van der Waals surface area contributed by atoms with Gasteiger partial charge in [0.25, 0.3) is 0 Å². The second-order valence-electron chi connectivity index (χ2n) is 6.10. The SMILES string of the molecule is Cc1noc(C)c1CCC(=O)N(C)Cc1cc(-c2ccccc2)no1. The molecule has 0 fully saturated rings. The van der Waals surface area contributed by atoms with E-state index in [2.05, 4.69) is 10.3 Å². The lowest BCUT2D eigenvalue weighted by atomic mass is 10.1. The van der Waals surface area contributed by atoms with Crippen LogP contribution in [-0.4, -0.2) is 28.2 Å². The smallest absolute Gasteiger partial charge is 0.223 e. The van der Waals surface area contributed by atoms with Crippen LogP contribution in [0.5, 0.6) is 0 Å². The summed E-state index contributed by atoms with van der Waals surface area (Å²) in [5.74, 6) is 1.47. The predicted octanol–water partition coefficient (Wildman–Crippen LogP) is 3.54. The number of aryl methyl sites for hydroxylation is 2. The van der Waals surface area contributed by atoms with Crippen molar-refractivity contribution >= 4 is 5.91 Å². The Hall–Kier alpha value is -2.89. The molecule has 0 saturated heterocycles. The van der Waals surface area contributed by atoms with E-state index in [1.54, 1.807) is 11.9 Å². The van der Waals surface area contributed by atoms with E-state index in [1.807, 2.05) is 50.2 Å². The van der Waals surface area contributed by atoms with E-state index in [0.29, 0.717) is 25.1 Å². The minimum Gasteiger partial charge on any atom is -0.361 e. The van der Waals surface area contributed by atoms with Crippen LogP contribution >= 0.6 is 0 Å². The number of carbonyl (C=O) groups excluding carboxylic acids is 1. The second kappa shape index (κ2) is 7.34. The molecule has 1 aromatic carbocycles. The molecule has 0 aliphatic rings. The Balaban J connectivity index is 1.58. The zero-order valence-electron chi connectivity index (χ0n) is 14.7. The lowest BCUT2D eigenvalue weighted by Gasteiger charge is -2.15. The molecule has 0 bridgehead atoms. The molecule has 0 atom stereocenters. The molecular formula is C19H21N3O3. The second-order valence-corrected chi connectivity index (χ2v) is 6.10. The molecule has 3 aromatic rings. The third-order valence-corrected chi connectivity index (χ3v) is 4.22. The van der Waals surface area contributed by atoms with Crippen LogP contribution in [0.15, 0.2) is 45.4 Å². The van der Waals surface area contributed by atoms with Gasteiger partial charge < -0.3 is 13.9 Å². The van der Waals surface area contributed by atoms with Gasteiger partial charge in [-0.1, -0.05) is 40.6 Å². The molecular weight excluding hydrogens is 318 g/mol. The Morgan fingerprint density at radius 1 is 1.12 bits per heavy atom. The Bertz CT molecular complexity index is 832. The van der Waals surface area contributed by atoms with Crippen LogP contribution in [0.25, 0.3) is 11.3 Å². The zero-order valence-corrected chi connectivity index (χ0v) is 14.7. The monoisotopic (exact) mass is 339 g/mol. The van der Waals surface area contributed by atoms with Crippen molar-refractivity contribution in [1.82, 2.24) is 15.2 Å². The van der Waals surface area contributed by atoms with E-state index < -0.39 is 0 Å². The molecule has 2 heterocycles. The fraction of sp³-hybridized carbons (Fsp3) is 0.316. The number of rotatable bonds is 6. The first-order valence-electron chi connectivity index (χ1n) is 8.21. The number of amides is 1. The number of aromatic nitrogens is 2. The first kappa shape index (κ1) is 17.0. The highest BCUT2D eigenvalue weighted by molar-refractivity contribution is 5.76. The standard InChI is InChI=1S/C19H21N3O3/c1-13-17(14(2)24-20-13)9-10-19(23)22(3)12-16-11-18(21-25-16)15-7-5-4-6-8-15/h4-8,11H,9-10,12H2,1-3H3. The zero-order chi connectivity index (χ0) is 17.8. The minimum atomic E-state index is 0.0395. The molecule has 6 heteroatoms. The summed E-state index contributed by atoms with van der Waals surface area (Å²) in [5, 5.41) is 7.99. The molecule has 6 nitrogen and oxygen atoms in total. The average Bonchev–Trinajstić information content (AvgIpc) is 3.21. The maximum atomic E-state index is 12.4. The summed E-state index contributed by atoms with van der Waals surface area (Å²) in [6, 6.07) is 11.7. The molecule has 2 aromatic heterocycles. The largest absolute Gasteiger partial charge is 0.361 e. The summed E-state index contributed by atoms with van der Waals surface area (Å²) in [6.07, 6.45) is 1.02. The highest BCUT2D eigenvalue weighted by Crippen LogP contribution is 2.20. The van der Waals surface area contributed by atoms with Gasteiger partial charge in [0, 0.05) is 30.7 Å². The molecule has 25 heavy (non-hydrogen) atoms. The molecule has 0 saturated carbocycles. The van der Waals surface area contributed by atoms with E-state index in [-0.39, 0.29) is 5.91 Å². The molecule has 0 aliphatic carbocycles. The van der Waals surface area contributed by atoms with Crippen LogP contribution < -0.4 is 0 Å². The van der Waals surface area contributed by atoms with Crippen molar-refractivity contribution in [2.45, 2.75) is 33.2 Å². The van der Waals surface area contributed by atoms with Crippen molar-refractivity contribution in [3.05, 3.63) is 59.2 Å². The molecule has 130 valence electrons. The summed E-state index contributed by atoms with van der Waals surface area (Å²) in [5.41, 5.74) is 3.61. The summed E-state index contributed by atoms with van der Waals surface area (Å²) in [7, 11) is 1.76. The summed E-state index contributed by atoms with van der Waals surface area (Å²) >= 11 is 0. The Morgan fingerprint density at radius 2 is 1.88 bits per heavy atom. The molecule has 3 rings (SSSR count). The van der Waals surface area contributed by atoms with Gasteiger partial charge in [0.2, 0.25) is 5.91 Å². The van der Waals surface area contributed by atoms with Crippen LogP contribution in [0.1, 0.15) is 29.2 Å². The van der Waals surface area contributed by atoms with Gasteiger partial charge in [-0.05, 0) is 20.3 Å². The van der Waals surface area contributed by atoms with E-state index in [4.69, 9.17) is 9.05 Å². The van der Waals surface area contributed by atoms with Crippen molar-refractivity contribution in [1.29, 1.82) is 0 Å². The Morgan fingerprint density at radius 3 is 2.56 bits per heavy atom. The summed E-state index contributed by atoms with van der Waals surface area (Å²) < 4.78 is 10.5. The highest BCUT2D eigenvalue weighted by Gasteiger charge is 2.16. The molecule has 0 N–H and O–H groups in total. The van der Waals surface area contributed by atoms with Gasteiger partial charge in [-0.2, -0.15) is 0 Å². The number of nitrogens with zero attached hydrogens (tertiary/aromatic N) is 3. The Labute approximate surface area is 146 Å². The van der Waals surface area contributed by atoms with E-state index in [0.717, 1.165) is 28.3 Å². The quantitative estimate of drug-likeness (QED) is 0.687. The first-order chi connectivity index (χ1) is 12.0. The van der Waals surface area contributed by atoms with E-state index >= 15 is 0 Å². The van der Waals surface area contributed by atoms with Gasteiger partial charge in [0.1, 0.15) is 11.5 Å². The van der Waals surface area contributed by atoms with Crippen LogP contribution in [0.3, 0.4) is 0 Å². The molecule has 0 radical (unpaired) electrons. The maximum absolute atomic E-state index is 12.4. The third-order valence-electron chi connectivity index (χ3n) is 4.22. The van der Waals surface area contributed by atoms with Gasteiger partial charge in [0.05, 0.1) is 12.2 Å². The van der Waals surface area contributed by atoms with Gasteiger partial charge >= 0.3 is 0 Å². The number of benzene rings is 1. The molecule has 0 spiro atoms. The van der Waals surface area contributed by atoms with Gasteiger partial charge in [-0.25, -0.2) is 0 Å². The van der Waals surface area contributed by atoms with Gasteiger partial charge in [-0.15, -0.1) is 0 Å². The lowest BCUT2D eigenvalue weighted by molar-refractivity contribution is -0.130. The van der Waals surface area contributed by atoms with Crippen LogP contribution in [0, 0.1) is 13.8 Å². The third kappa shape index (κ3) is 3.96. The van der Waals surface area contributed by atoms with E-state index in [9.17, 15) is 4.79 Å². The van der Waals surface area contributed by atoms with Gasteiger partial charge in [0.15, 0.2) is 5.76 Å². The van der Waals surface area contributed by atoms with Crippen LogP contribution in [0.2, 0.25) is 0 Å². The number of carbonyl (C=O) groups is 1. The summed E-state index contributed by atoms with van der Waals surface area (Å²) in [6.45, 7) is 4.14. The van der Waals surface area contributed by atoms with Crippen molar-refractivity contribution in [2.24, 2.45) is 0 Å². The molecule has 1 amide bonds. The van der Waals surface area contributed by atoms with Crippen molar-refractivity contribution in [2.75, 3.05) is 7.05 Å². The van der Waals surface area contributed by atoms with Gasteiger partial charge in [-0.3, -0.25) is 4.79 Å². The number of hydrogen-bond acceptors (Lipinski definition) is 5. The minimum absolute atomic E-state index is 0.0395. The van der Waals surface area contributed by atoms with E-state index in [1.165, 1.54) is 0 Å². The van der Waals surface area contributed by atoms with Crippen LogP contribution in [-0.2, 0) is 17.8 Å². The lowest BCUT2D eigenvalue weighted by Crippen LogP contribution is -2.26. The normalized spacial score (nSPS) is 10.8. The average molecular weight is 339 g/mol. The fourth-order valence-electron chi connectivity index (χ4n) is 2.74.